The minimum Gasteiger partial charge on any atom is -0.352 e. The van der Waals surface area contributed by atoms with E-state index in [1.807, 2.05) is 62.4 Å². The second kappa shape index (κ2) is 10.6. The number of hydrogen-bond acceptors (Lipinski definition) is 4. The van der Waals surface area contributed by atoms with Gasteiger partial charge in [-0.1, -0.05) is 56.0 Å². The Morgan fingerprint density at radius 3 is 2.63 bits per heavy atom. The number of nitrogens with one attached hydrogen (secondary N) is 1. The monoisotopic (exact) mass is 415 g/mol. The summed E-state index contributed by atoms with van der Waals surface area (Å²) in [4.78, 5) is 24.0. The van der Waals surface area contributed by atoms with E-state index in [9.17, 15) is 4.79 Å². The molecule has 1 amide bonds. The van der Waals surface area contributed by atoms with Gasteiger partial charge < -0.3 is 5.32 Å². The number of amides is 1. The molecule has 0 bridgehead atoms. The van der Waals surface area contributed by atoms with E-state index in [-0.39, 0.29) is 5.91 Å². The highest BCUT2D eigenvalue weighted by molar-refractivity contribution is 7.99. The minimum atomic E-state index is -0.106. The predicted octanol–water partition coefficient (Wildman–Crippen LogP) is 6.05. The number of nitrogens with zero attached hydrogens (tertiary/aromatic N) is 2. The Balaban J connectivity index is 0.00000124. The Morgan fingerprint density at radius 1 is 1.07 bits per heavy atom. The van der Waals surface area contributed by atoms with Gasteiger partial charge in [0.25, 0.3) is 5.91 Å². The first-order chi connectivity index (χ1) is 14.8. The maximum Gasteiger partial charge on any atom is 0.251 e. The van der Waals surface area contributed by atoms with Crippen LogP contribution in [-0.2, 0) is 0 Å². The molecule has 4 nitrogen and oxygen atoms in total. The zero-order chi connectivity index (χ0) is 21.3. The molecule has 2 heterocycles. The molecule has 0 fully saturated rings. The van der Waals surface area contributed by atoms with Crippen LogP contribution in [0.5, 0.6) is 0 Å². The summed E-state index contributed by atoms with van der Waals surface area (Å²) < 4.78 is 0. The number of carbonyl (C=O) groups is 1. The Labute approximate surface area is 182 Å². The summed E-state index contributed by atoms with van der Waals surface area (Å²) in [7, 11) is 0. The molecular formula is C25H25N3OS. The largest absolute Gasteiger partial charge is 0.352 e. The predicted molar refractivity (Wildman–Crippen MR) is 125 cm³/mol. The van der Waals surface area contributed by atoms with Crippen molar-refractivity contribution in [3.63, 3.8) is 0 Å². The van der Waals surface area contributed by atoms with Gasteiger partial charge in [0, 0.05) is 33.7 Å². The Bertz CT molecular complexity index is 1060. The van der Waals surface area contributed by atoms with E-state index in [1.165, 1.54) is 0 Å². The van der Waals surface area contributed by atoms with Gasteiger partial charge in [-0.25, -0.2) is 4.99 Å². The van der Waals surface area contributed by atoms with Crippen LogP contribution in [0.2, 0.25) is 0 Å². The topological polar surface area (TPSA) is 54.4 Å². The van der Waals surface area contributed by atoms with Crippen molar-refractivity contribution >= 4 is 29.1 Å². The lowest BCUT2D eigenvalue weighted by molar-refractivity contribution is 0.0954. The van der Waals surface area contributed by atoms with Crippen LogP contribution in [0.4, 0.5) is 5.69 Å². The van der Waals surface area contributed by atoms with Crippen LogP contribution in [0.25, 0.3) is 0 Å². The molecule has 0 spiro atoms. The molecule has 2 aromatic carbocycles. The molecule has 30 heavy (non-hydrogen) atoms. The summed E-state index contributed by atoms with van der Waals surface area (Å²) in [5.41, 5.74) is 4.03. The fourth-order valence-electron chi connectivity index (χ4n) is 2.97. The number of hydrogen-bond donors (Lipinski definition) is 1. The Hall–Kier alpha value is -3.18. The summed E-state index contributed by atoms with van der Waals surface area (Å²) in [5.74, 6) is -0.106. The summed E-state index contributed by atoms with van der Waals surface area (Å²) in [6.07, 6.45) is 4.29. The second-order valence-electron chi connectivity index (χ2n) is 6.29. The number of pyridine rings is 1. The van der Waals surface area contributed by atoms with Gasteiger partial charge in [0.2, 0.25) is 0 Å². The highest BCUT2D eigenvalue weighted by Crippen LogP contribution is 2.41. The standard InChI is InChI=1S/C23H19N3OS.C2H6/c1-2-3-13-25-23(27)16-11-12-21-19(15-16)26-22(18-9-6-7-14-24-18)17-8-4-5-10-20(17)28-21;1-2/h2,4-12,14-15H,1,3,13H2,(H,25,27);1-2H3. The van der Waals surface area contributed by atoms with E-state index in [4.69, 9.17) is 4.99 Å². The van der Waals surface area contributed by atoms with Gasteiger partial charge in [-0.2, -0.15) is 0 Å². The molecule has 1 aliphatic heterocycles. The summed E-state index contributed by atoms with van der Waals surface area (Å²) in [5, 5.41) is 2.90. The fraction of sp³-hybridized carbons (Fsp3) is 0.160. The van der Waals surface area contributed by atoms with Crippen molar-refractivity contribution in [2.45, 2.75) is 30.1 Å². The van der Waals surface area contributed by atoms with Crippen LogP contribution in [-0.4, -0.2) is 23.1 Å². The van der Waals surface area contributed by atoms with Crippen molar-refractivity contribution in [1.82, 2.24) is 10.3 Å². The van der Waals surface area contributed by atoms with Crippen molar-refractivity contribution in [2.24, 2.45) is 4.99 Å². The smallest absolute Gasteiger partial charge is 0.251 e. The van der Waals surface area contributed by atoms with Crippen LogP contribution in [0.3, 0.4) is 0 Å². The van der Waals surface area contributed by atoms with Gasteiger partial charge in [0.1, 0.15) is 0 Å². The van der Waals surface area contributed by atoms with E-state index in [0.717, 1.165) is 38.9 Å². The molecule has 0 saturated heterocycles. The Morgan fingerprint density at radius 2 is 1.87 bits per heavy atom. The van der Waals surface area contributed by atoms with Gasteiger partial charge in [-0.3, -0.25) is 9.78 Å². The van der Waals surface area contributed by atoms with Crippen LogP contribution in [0.1, 0.15) is 41.9 Å². The van der Waals surface area contributed by atoms with Crippen LogP contribution >= 0.6 is 11.8 Å². The molecular weight excluding hydrogens is 390 g/mol. The molecule has 1 N–H and O–H groups in total. The minimum absolute atomic E-state index is 0.106. The molecule has 0 radical (unpaired) electrons. The van der Waals surface area contributed by atoms with E-state index < -0.39 is 0 Å². The van der Waals surface area contributed by atoms with Gasteiger partial charge in [-0.05, 0) is 42.8 Å². The summed E-state index contributed by atoms with van der Waals surface area (Å²) >= 11 is 1.66. The molecule has 1 aromatic heterocycles. The quantitative estimate of drug-likeness (QED) is 0.319. The number of carbonyl (C=O) groups excluding carboxylic acids is 1. The Kier molecular flexibility index (Phi) is 7.57. The van der Waals surface area contributed by atoms with Gasteiger partial charge >= 0.3 is 0 Å². The number of fused-ring (bicyclic) bond motifs is 2. The molecule has 0 atom stereocenters. The lowest BCUT2D eigenvalue weighted by Gasteiger charge is -2.07. The van der Waals surface area contributed by atoms with Gasteiger partial charge in [0.15, 0.2) is 0 Å². The molecule has 0 saturated carbocycles. The van der Waals surface area contributed by atoms with Crippen molar-refractivity contribution in [3.05, 3.63) is 96.3 Å². The third kappa shape index (κ3) is 4.86. The van der Waals surface area contributed by atoms with E-state index in [2.05, 4.69) is 29.0 Å². The second-order valence-corrected chi connectivity index (χ2v) is 7.37. The lowest BCUT2D eigenvalue weighted by atomic mass is 10.1. The van der Waals surface area contributed by atoms with Crippen LogP contribution in [0.15, 0.2) is 94.3 Å². The molecule has 3 aromatic rings. The number of benzene rings is 2. The maximum absolute atomic E-state index is 12.4. The van der Waals surface area contributed by atoms with Crippen LogP contribution in [0, 0.1) is 0 Å². The summed E-state index contributed by atoms with van der Waals surface area (Å²) in [6.45, 7) is 8.25. The first-order valence-corrected chi connectivity index (χ1v) is 10.9. The highest BCUT2D eigenvalue weighted by atomic mass is 32.2. The molecule has 1 aliphatic rings. The van der Waals surface area contributed by atoms with E-state index >= 15 is 0 Å². The molecule has 0 unspecified atom stereocenters. The van der Waals surface area contributed by atoms with Crippen LogP contribution < -0.4 is 5.32 Å². The normalized spacial score (nSPS) is 11.6. The number of aliphatic imine (C=N–C) groups is 1. The molecule has 4 rings (SSSR count). The van der Waals surface area contributed by atoms with Crippen molar-refractivity contribution < 1.29 is 4.79 Å². The highest BCUT2D eigenvalue weighted by Gasteiger charge is 2.20. The zero-order valence-corrected chi connectivity index (χ0v) is 18.1. The fourth-order valence-corrected chi connectivity index (χ4v) is 3.97. The third-order valence-electron chi connectivity index (χ3n) is 4.36. The third-order valence-corrected chi connectivity index (χ3v) is 5.50. The lowest BCUT2D eigenvalue weighted by Crippen LogP contribution is -2.23. The first-order valence-electron chi connectivity index (χ1n) is 10.1. The number of aromatic nitrogens is 1. The van der Waals surface area contributed by atoms with E-state index in [0.29, 0.717) is 12.1 Å². The van der Waals surface area contributed by atoms with Crippen molar-refractivity contribution in [2.75, 3.05) is 6.54 Å². The van der Waals surface area contributed by atoms with E-state index in [1.54, 1.807) is 24.0 Å². The number of rotatable bonds is 5. The van der Waals surface area contributed by atoms with Gasteiger partial charge in [0.05, 0.1) is 17.1 Å². The van der Waals surface area contributed by atoms with Crippen molar-refractivity contribution in [1.29, 1.82) is 0 Å². The molecule has 5 heteroatoms. The first kappa shape index (κ1) is 21.5. The molecule has 152 valence electrons. The van der Waals surface area contributed by atoms with Crippen molar-refractivity contribution in [3.8, 4) is 0 Å². The average molecular weight is 416 g/mol. The van der Waals surface area contributed by atoms with Gasteiger partial charge in [-0.15, -0.1) is 6.58 Å². The summed E-state index contributed by atoms with van der Waals surface area (Å²) in [6, 6.07) is 19.6. The average Bonchev–Trinajstić information content (AvgIpc) is 2.97. The molecule has 0 aliphatic carbocycles. The zero-order valence-electron chi connectivity index (χ0n) is 17.3. The SMILES string of the molecule is C=CCCNC(=O)c1ccc2c(c1)N=C(c1ccccn1)c1ccccc1S2.CC. The maximum atomic E-state index is 12.4.